The van der Waals surface area contributed by atoms with Crippen molar-refractivity contribution < 1.29 is 9.32 Å². The van der Waals surface area contributed by atoms with E-state index in [1.54, 1.807) is 13.0 Å². The Morgan fingerprint density at radius 3 is 2.86 bits per heavy atom. The minimum atomic E-state index is -0.139. The van der Waals surface area contributed by atoms with Crippen molar-refractivity contribution in [3.63, 3.8) is 0 Å². The summed E-state index contributed by atoms with van der Waals surface area (Å²) in [6.45, 7) is 3.99. The van der Waals surface area contributed by atoms with Crippen molar-refractivity contribution in [1.29, 1.82) is 0 Å². The minimum absolute atomic E-state index is 0.139. The molecule has 0 atom stereocenters. The van der Waals surface area contributed by atoms with Crippen LogP contribution in [0.1, 0.15) is 11.5 Å². The molecule has 3 aromatic rings. The number of carbonyl (C=O) groups excluding carboxylic acids is 1. The van der Waals surface area contributed by atoms with Crippen LogP contribution in [0.15, 0.2) is 39.3 Å². The number of aryl methyl sites for hydroxylation is 1. The molecule has 0 aliphatic carbocycles. The maximum absolute atomic E-state index is 12.2. The highest BCUT2D eigenvalue weighted by Gasteiger charge is 2.14. The van der Waals surface area contributed by atoms with E-state index < -0.39 is 0 Å². The number of amides is 1. The molecule has 0 saturated carbocycles. The van der Waals surface area contributed by atoms with Crippen molar-refractivity contribution in [2.75, 3.05) is 5.32 Å². The van der Waals surface area contributed by atoms with Crippen LogP contribution >= 0.6 is 15.9 Å². The molecule has 0 spiro atoms. The fourth-order valence-electron chi connectivity index (χ4n) is 2.34. The van der Waals surface area contributed by atoms with Crippen LogP contribution in [-0.2, 0) is 11.3 Å². The van der Waals surface area contributed by atoms with E-state index >= 15 is 0 Å². The van der Waals surface area contributed by atoms with Gasteiger partial charge in [-0.1, -0.05) is 23.4 Å². The standard InChI is InChI=1S/C15H14BrN3O2/c1-9-7-13(18-21-9)17-14(20)8-19-10(2)15(16)11-5-3-4-6-12(11)19/h3-7H,8H2,1-2H3,(H,17,18,20). The molecule has 2 heterocycles. The highest BCUT2D eigenvalue weighted by molar-refractivity contribution is 9.10. The molecular formula is C15H14BrN3O2. The number of halogens is 1. The van der Waals surface area contributed by atoms with Gasteiger partial charge in [0.1, 0.15) is 12.3 Å². The summed E-state index contributed by atoms with van der Waals surface area (Å²) in [5.41, 5.74) is 2.04. The molecule has 0 fully saturated rings. The third kappa shape index (κ3) is 2.58. The van der Waals surface area contributed by atoms with Gasteiger partial charge in [0.25, 0.3) is 0 Å². The van der Waals surface area contributed by atoms with E-state index in [0.29, 0.717) is 11.6 Å². The van der Waals surface area contributed by atoms with Gasteiger partial charge in [0.2, 0.25) is 5.91 Å². The molecule has 21 heavy (non-hydrogen) atoms. The number of rotatable bonds is 3. The van der Waals surface area contributed by atoms with Gasteiger partial charge in [-0.05, 0) is 35.8 Å². The van der Waals surface area contributed by atoms with Crippen molar-refractivity contribution in [1.82, 2.24) is 9.72 Å². The lowest BCUT2D eigenvalue weighted by atomic mass is 10.2. The van der Waals surface area contributed by atoms with Gasteiger partial charge in [0, 0.05) is 27.1 Å². The van der Waals surface area contributed by atoms with Crippen molar-refractivity contribution in [2.24, 2.45) is 0 Å². The molecule has 3 rings (SSSR count). The van der Waals surface area contributed by atoms with Crippen molar-refractivity contribution in [2.45, 2.75) is 20.4 Å². The number of nitrogens with zero attached hydrogens (tertiary/aromatic N) is 2. The molecule has 0 aliphatic heterocycles. The van der Waals surface area contributed by atoms with Crippen LogP contribution in [0.25, 0.3) is 10.9 Å². The Bertz CT molecular complexity index is 820. The lowest BCUT2D eigenvalue weighted by molar-refractivity contribution is -0.116. The average Bonchev–Trinajstić information content (AvgIpc) is 2.97. The largest absolute Gasteiger partial charge is 0.360 e. The van der Waals surface area contributed by atoms with Gasteiger partial charge < -0.3 is 14.4 Å². The van der Waals surface area contributed by atoms with E-state index in [0.717, 1.165) is 21.1 Å². The Morgan fingerprint density at radius 1 is 1.38 bits per heavy atom. The van der Waals surface area contributed by atoms with Gasteiger partial charge in [-0.3, -0.25) is 4.79 Å². The number of para-hydroxylation sites is 1. The summed E-state index contributed by atoms with van der Waals surface area (Å²) >= 11 is 3.58. The van der Waals surface area contributed by atoms with Crippen molar-refractivity contribution >= 4 is 38.6 Å². The quantitative estimate of drug-likeness (QED) is 0.786. The summed E-state index contributed by atoms with van der Waals surface area (Å²) in [6.07, 6.45) is 0. The first-order valence-electron chi connectivity index (χ1n) is 6.53. The molecule has 0 bridgehead atoms. The number of benzene rings is 1. The lowest BCUT2D eigenvalue weighted by Crippen LogP contribution is -2.19. The van der Waals surface area contributed by atoms with E-state index in [-0.39, 0.29) is 12.5 Å². The summed E-state index contributed by atoms with van der Waals surface area (Å²) in [6, 6.07) is 9.66. The molecule has 108 valence electrons. The van der Waals surface area contributed by atoms with Crippen molar-refractivity contribution in [3.8, 4) is 0 Å². The van der Waals surface area contributed by atoms with Gasteiger partial charge in [-0.25, -0.2) is 0 Å². The molecule has 1 aromatic carbocycles. The number of hydrogen-bond donors (Lipinski definition) is 1. The first kappa shape index (κ1) is 13.9. The fraction of sp³-hybridized carbons (Fsp3) is 0.200. The maximum atomic E-state index is 12.2. The Balaban J connectivity index is 1.88. The van der Waals surface area contributed by atoms with Crippen LogP contribution in [0.4, 0.5) is 5.82 Å². The van der Waals surface area contributed by atoms with Gasteiger partial charge in [0.05, 0.1) is 0 Å². The van der Waals surface area contributed by atoms with Gasteiger partial charge >= 0.3 is 0 Å². The van der Waals surface area contributed by atoms with Gasteiger partial charge in [0.15, 0.2) is 5.82 Å². The van der Waals surface area contributed by atoms with E-state index in [2.05, 4.69) is 26.4 Å². The number of hydrogen-bond acceptors (Lipinski definition) is 3. The lowest BCUT2D eigenvalue weighted by Gasteiger charge is -2.07. The highest BCUT2D eigenvalue weighted by atomic mass is 79.9. The third-order valence-corrected chi connectivity index (χ3v) is 4.35. The zero-order chi connectivity index (χ0) is 15.0. The number of carbonyl (C=O) groups is 1. The van der Waals surface area contributed by atoms with E-state index in [9.17, 15) is 4.79 Å². The molecule has 6 heteroatoms. The van der Waals surface area contributed by atoms with E-state index in [1.807, 2.05) is 35.8 Å². The Morgan fingerprint density at radius 2 is 2.14 bits per heavy atom. The van der Waals surface area contributed by atoms with E-state index in [1.165, 1.54) is 0 Å². The second-order valence-electron chi connectivity index (χ2n) is 4.87. The molecule has 1 N–H and O–H groups in total. The zero-order valence-corrected chi connectivity index (χ0v) is 13.3. The SMILES string of the molecule is Cc1cc(NC(=O)Cn2c(C)c(Br)c3ccccc32)no1. The predicted octanol–water partition coefficient (Wildman–Crippen LogP) is 3.65. The van der Waals surface area contributed by atoms with Crippen LogP contribution in [0.3, 0.4) is 0 Å². The molecule has 5 nitrogen and oxygen atoms in total. The monoisotopic (exact) mass is 347 g/mol. The topological polar surface area (TPSA) is 60.1 Å². The summed E-state index contributed by atoms with van der Waals surface area (Å²) < 4.78 is 7.93. The molecule has 2 aromatic heterocycles. The summed E-state index contributed by atoms with van der Waals surface area (Å²) in [4.78, 5) is 12.2. The highest BCUT2D eigenvalue weighted by Crippen LogP contribution is 2.30. The molecule has 0 saturated heterocycles. The Kier molecular flexibility index (Phi) is 3.55. The fourth-order valence-corrected chi connectivity index (χ4v) is 2.89. The number of nitrogens with one attached hydrogen (secondary N) is 1. The molecule has 0 unspecified atom stereocenters. The van der Waals surface area contributed by atoms with Crippen molar-refractivity contribution in [3.05, 3.63) is 46.3 Å². The summed E-state index contributed by atoms with van der Waals surface area (Å²) in [5, 5.41) is 7.59. The zero-order valence-electron chi connectivity index (χ0n) is 11.7. The Labute approximate surface area is 130 Å². The average molecular weight is 348 g/mol. The second kappa shape index (κ2) is 5.37. The first-order chi connectivity index (χ1) is 10.1. The van der Waals surface area contributed by atoms with Crippen LogP contribution in [0.2, 0.25) is 0 Å². The number of aromatic nitrogens is 2. The number of fused-ring (bicyclic) bond motifs is 1. The predicted molar refractivity (Wildman–Crippen MR) is 84.2 cm³/mol. The second-order valence-corrected chi connectivity index (χ2v) is 5.67. The van der Waals surface area contributed by atoms with Crippen LogP contribution in [0.5, 0.6) is 0 Å². The first-order valence-corrected chi connectivity index (χ1v) is 7.32. The van der Waals surface area contributed by atoms with Crippen LogP contribution < -0.4 is 5.32 Å². The molecule has 0 aliphatic rings. The Hall–Kier alpha value is -2.08. The smallest absolute Gasteiger partial charge is 0.245 e. The third-order valence-electron chi connectivity index (χ3n) is 3.35. The minimum Gasteiger partial charge on any atom is -0.360 e. The summed E-state index contributed by atoms with van der Waals surface area (Å²) in [5.74, 6) is 0.959. The normalized spacial score (nSPS) is 11.0. The maximum Gasteiger partial charge on any atom is 0.245 e. The van der Waals surface area contributed by atoms with Crippen LogP contribution in [0, 0.1) is 13.8 Å². The molecular weight excluding hydrogens is 334 g/mol. The number of anilines is 1. The van der Waals surface area contributed by atoms with Crippen LogP contribution in [-0.4, -0.2) is 15.6 Å². The van der Waals surface area contributed by atoms with Gasteiger partial charge in [-0.2, -0.15) is 0 Å². The van der Waals surface area contributed by atoms with E-state index in [4.69, 9.17) is 4.52 Å². The molecule has 0 radical (unpaired) electrons. The van der Waals surface area contributed by atoms with Gasteiger partial charge in [-0.15, -0.1) is 0 Å². The summed E-state index contributed by atoms with van der Waals surface area (Å²) in [7, 11) is 0. The molecule has 1 amide bonds.